The number of halogens is 1. The van der Waals surface area contributed by atoms with Crippen LogP contribution in [0.2, 0.25) is 0 Å². The zero-order valence-corrected chi connectivity index (χ0v) is 21.3. The molecule has 0 radical (unpaired) electrons. The van der Waals surface area contributed by atoms with Crippen LogP contribution in [0.3, 0.4) is 0 Å². The Balaban J connectivity index is 0.00000341. The number of ether oxygens (including phenoxy) is 1. The lowest BCUT2D eigenvalue weighted by Crippen LogP contribution is -2.45. The maximum absolute atomic E-state index is 5.72. The molecule has 31 heavy (non-hydrogen) atoms. The molecular formula is C23H36IN5O2. The summed E-state index contributed by atoms with van der Waals surface area (Å²) in [5.74, 6) is 2.66. The monoisotopic (exact) mass is 541 g/mol. The molecule has 172 valence electrons. The van der Waals surface area contributed by atoms with E-state index in [1.165, 1.54) is 18.4 Å². The molecule has 2 heterocycles. The van der Waals surface area contributed by atoms with Crippen LogP contribution in [0.4, 0.5) is 0 Å². The van der Waals surface area contributed by atoms with Crippen molar-refractivity contribution < 1.29 is 9.15 Å². The summed E-state index contributed by atoms with van der Waals surface area (Å²) < 4.78 is 11.1. The van der Waals surface area contributed by atoms with Gasteiger partial charge in [0.2, 0.25) is 0 Å². The summed E-state index contributed by atoms with van der Waals surface area (Å²) in [5, 5.41) is 6.98. The highest BCUT2D eigenvalue weighted by Gasteiger charge is 2.25. The second-order valence-electron chi connectivity index (χ2n) is 7.86. The van der Waals surface area contributed by atoms with E-state index in [0.717, 1.165) is 43.6 Å². The van der Waals surface area contributed by atoms with Crippen LogP contribution in [0.15, 0.2) is 52.1 Å². The maximum atomic E-state index is 5.72. The van der Waals surface area contributed by atoms with Crippen LogP contribution in [0, 0.1) is 0 Å². The molecule has 0 spiro atoms. The lowest BCUT2D eigenvalue weighted by atomic mass is 10.1. The van der Waals surface area contributed by atoms with Gasteiger partial charge in [0, 0.05) is 20.1 Å². The first-order valence-corrected chi connectivity index (χ1v) is 10.6. The molecule has 0 saturated carbocycles. The number of likely N-dealkylation sites (tertiary alicyclic amines) is 1. The summed E-state index contributed by atoms with van der Waals surface area (Å²) >= 11 is 0. The Bertz CT molecular complexity index is 791. The molecule has 7 nitrogen and oxygen atoms in total. The third kappa shape index (κ3) is 7.11. The van der Waals surface area contributed by atoms with Crippen LogP contribution in [-0.2, 0) is 0 Å². The second kappa shape index (κ2) is 12.9. The van der Waals surface area contributed by atoms with Crippen molar-refractivity contribution in [3.8, 4) is 5.75 Å². The molecule has 0 aliphatic carbocycles. The first kappa shape index (κ1) is 25.5. The van der Waals surface area contributed by atoms with E-state index in [2.05, 4.69) is 57.7 Å². The highest BCUT2D eigenvalue weighted by Crippen LogP contribution is 2.25. The third-order valence-corrected chi connectivity index (χ3v) is 5.70. The molecule has 2 N–H and O–H groups in total. The Morgan fingerprint density at radius 3 is 2.52 bits per heavy atom. The van der Waals surface area contributed by atoms with Crippen molar-refractivity contribution in [3.63, 3.8) is 0 Å². The fourth-order valence-corrected chi connectivity index (χ4v) is 4.00. The Morgan fingerprint density at radius 1 is 1.16 bits per heavy atom. The van der Waals surface area contributed by atoms with Gasteiger partial charge in [-0.3, -0.25) is 9.89 Å². The predicted octanol–water partition coefficient (Wildman–Crippen LogP) is 3.51. The third-order valence-electron chi connectivity index (χ3n) is 5.70. The number of rotatable bonds is 9. The van der Waals surface area contributed by atoms with Gasteiger partial charge in [-0.1, -0.05) is 12.1 Å². The van der Waals surface area contributed by atoms with Crippen LogP contribution in [-0.4, -0.2) is 70.2 Å². The van der Waals surface area contributed by atoms with Crippen LogP contribution in [0.25, 0.3) is 0 Å². The van der Waals surface area contributed by atoms with Crippen molar-refractivity contribution in [2.45, 2.75) is 24.9 Å². The van der Waals surface area contributed by atoms with Gasteiger partial charge < -0.3 is 24.7 Å². The van der Waals surface area contributed by atoms with E-state index < -0.39 is 0 Å². The summed E-state index contributed by atoms with van der Waals surface area (Å²) in [5.41, 5.74) is 1.20. The van der Waals surface area contributed by atoms with Gasteiger partial charge in [0.1, 0.15) is 11.5 Å². The smallest absolute Gasteiger partial charge is 0.191 e. The Morgan fingerprint density at radius 2 is 1.90 bits per heavy atom. The molecule has 1 aromatic carbocycles. The van der Waals surface area contributed by atoms with Gasteiger partial charge in [-0.2, -0.15) is 0 Å². The summed E-state index contributed by atoms with van der Waals surface area (Å²) in [6, 6.07) is 12.6. The normalized spacial score (nSPS) is 16.6. The SMILES string of the molecule is CN=C(NCC(c1cccc(OC)c1)N(C)C)NCC(c1ccco1)N1CCCC1.I. The van der Waals surface area contributed by atoms with Crippen LogP contribution in [0.1, 0.15) is 36.2 Å². The van der Waals surface area contributed by atoms with Gasteiger partial charge in [0.25, 0.3) is 0 Å². The molecule has 2 aromatic rings. The number of methoxy groups -OCH3 is 1. The summed E-state index contributed by atoms with van der Waals surface area (Å²) in [6.07, 6.45) is 4.24. The molecule has 1 aliphatic rings. The number of hydrogen-bond donors (Lipinski definition) is 2. The molecule has 1 aromatic heterocycles. The van der Waals surface area contributed by atoms with Gasteiger partial charge in [0.15, 0.2) is 5.96 Å². The zero-order chi connectivity index (χ0) is 21.3. The quantitative estimate of drug-likeness (QED) is 0.288. The average Bonchev–Trinajstić information content (AvgIpc) is 3.47. The largest absolute Gasteiger partial charge is 0.497 e. The molecule has 1 fully saturated rings. The zero-order valence-electron chi connectivity index (χ0n) is 19.0. The summed E-state index contributed by atoms with van der Waals surface area (Å²) in [7, 11) is 7.68. The number of nitrogens with one attached hydrogen (secondary N) is 2. The van der Waals surface area contributed by atoms with Crippen molar-refractivity contribution in [1.82, 2.24) is 20.4 Å². The minimum absolute atomic E-state index is 0. The first-order chi connectivity index (χ1) is 14.6. The van der Waals surface area contributed by atoms with Gasteiger partial charge in [-0.25, -0.2) is 0 Å². The van der Waals surface area contributed by atoms with E-state index in [0.29, 0.717) is 0 Å². The van der Waals surface area contributed by atoms with Crippen molar-refractivity contribution >= 4 is 29.9 Å². The van der Waals surface area contributed by atoms with E-state index in [9.17, 15) is 0 Å². The van der Waals surface area contributed by atoms with Crippen LogP contribution in [0.5, 0.6) is 5.75 Å². The number of furan rings is 1. The van der Waals surface area contributed by atoms with E-state index in [-0.39, 0.29) is 36.1 Å². The summed E-state index contributed by atoms with van der Waals surface area (Å²) in [6.45, 7) is 3.70. The van der Waals surface area contributed by atoms with E-state index in [1.54, 1.807) is 13.4 Å². The molecule has 1 saturated heterocycles. The van der Waals surface area contributed by atoms with Gasteiger partial charge in [-0.05, 0) is 69.9 Å². The van der Waals surface area contributed by atoms with Gasteiger partial charge in [0.05, 0.1) is 25.5 Å². The van der Waals surface area contributed by atoms with Crippen LogP contribution >= 0.6 is 24.0 Å². The molecule has 2 atom stereocenters. The highest BCUT2D eigenvalue weighted by molar-refractivity contribution is 14.0. The molecule has 2 unspecified atom stereocenters. The van der Waals surface area contributed by atoms with Gasteiger partial charge in [-0.15, -0.1) is 24.0 Å². The van der Waals surface area contributed by atoms with Crippen LogP contribution < -0.4 is 15.4 Å². The number of nitrogens with zero attached hydrogens (tertiary/aromatic N) is 3. The molecular weight excluding hydrogens is 505 g/mol. The fraction of sp³-hybridized carbons (Fsp3) is 0.522. The first-order valence-electron chi connectivity index (χ1n) is 10.6. The Kier molecular flexibility index (Phi) is 10.6. The molecule has 8 heteroatoms. The summed E-state index contributed by atoms with van der Waals surface area (Å²) in [4.78, 5) is 9.11. The predicted molar refractivity (Wildman–Crippen MR) is 136 cm³/mol. The van der Waals surface area contributed by atoms with Crippen molar-refractivity contribution in [2.24, 2.45) is 4.99 Å². The lowest BCUT2D eigenvalue weighted by Gasteiger charge is -2.28. The van der Waals surface area contributed by atoms with E-state index in [1.807, 2.05) is 25.2 Å². The van der Waals surface area contributed by atoms with E-state index in [4.69, 9.17) is 9.15 Å². The van der Waals surface area contributed by atoms with Crippen molar-refractivity contribution in [3.05, 3.63) is 54.0 Å². The number of hydrogen-bond acceptors (Lipinski definition) is 5. The lowest BCUT2D eigenvalue weighted by molar-refractivity contribution is 0.215. The number of benzene rings is 1. The highest BCUT2D eigenvalue weighted by atomic mass is 127. The number of aliphatic imine (C=N–C) groups is 1. The van der Waals surface area contributed by atoms with Crippen molar-refractivity contribution in [1.29, 1.82) is 0 Å². The topological polar surface area (TPSA) is 65.3 Å². The molecule has 0 bridgehead atoms. The van der Waals surface area contributed by atoms with Gasteiger partial charge >= 0.3 is 0 Å². The standard InChI is InChI=1S/C23H35N5O2.HI/c1-24-23(25-16-20(27(2)3)18-9-7-10-19(15-18)29-4)26-17-21(22-11-8-14-30-22)28-12-5-6-13-28;/h7-11,14-15,20-21H,5-6,12-13,16-17H2,1-4H3,(H2,24,25,26);1H. The fourth-order valence-electron chi connectivity index (χ4n) is 4.00. The minimum atomic E-state index is 0. The Hall–Kier alpha value is -1.78. The Labute approximate surface area is 203 Å². The number of guanidine groups is 1. The van der Waals surface area contributed by atoms with E-state index >= 15 is 0 Å². The number of likely N-dealkylation sites (N-methyl/N-ethyl adjacent to an activating group) is 1. The molecule has 3 rings (SSSR count). The maximum Gasteiger partial charge on any atom is 0.191 e. The second-order valence-corrected chi connectivity index (χ2v) is 7.86. The average molecular weight is 541 g/mol. The molecule has 0 amide bonds. The van der Waals surface area contributed by atoms with Crippen molar-refractivity contribution in [2.75, 3.05) is 54.4 Å². The minimum Gasteiger partial charge on any atom is -0.497 e. The molecule has 1 aliphatic heterocycles.